The van der Waals surface area contributed by atoms with Gasteiger partial charge in [-0.1, -0.05) is 5.16 Å². The molecule has 3 heterocycles. The molecule has 1 aliphatic rings. The van der Waals surface area contributed by atoms with Gasteiger partial charge in [0.05, 0.1) is 18.4 Å². The summed E-state index contributed by atoms with van der Waals surface area (Å²) in [5.74, 6) is 0.917. The van der Waals surface area contributed by atoms with Crippen molar-refractivity contribution in [3.8, 4) is 0 Å². The Labute approximate surface area is 133 Å². The van der Waals surface area contributed by atoms with E-state index in [1.165, 1.54) is 6.26 Å². The Morgan fingerprint density at radius 2 is 1.87 bits per heavy atom. The molecule has 0 atom stereocenters. The van der Waals surface area contributed by atoms with E-state index in [0.717, 1.165) is 11.3 Å². The summed E-state index contributed by atoms with van der Waals surface area (Å²) in [4.78, 5) is 28.1. The van der Waals surface area contributed by atoms with Crippen molar-refractivity contribution in [1.82, 2.24) is 15.0 Å². The largest absolute Gasteiger partial charge is 0.459 e. The van der Waals surface area contributed by atoms with Gasteiger partial charge in [-0.05, 0) is 26.0 Å². The van der Waals surface area contributed by atoms with Crippen LogP contribution in [0.3, 0.4) is 0 Å². The van der Waals surface area contributed by atoms with E-state index in [9.17, 15) is 9.59 Å². The Hall–Kier alpha value is -2.57. The summed E-state index contributed by atoms with van der Waals surface area (Å²) in [5, 5.41) is 3.87. The smallest absolute Gasteiger partial charge is 0.289 e. The third-order valence-electron chi connectivity index (χ3n) is 4.16. The van der Waals surface area contributed by atoms with Crippen LogP contribution in [0.2, 0.25) is 0 Å². The van der Waals surface area contributed by atoms with E-state index in [1.807, 2.05) is 13.8 Å². The van der Waals surface area contributed by atoms with Crippen molar-refractivity contribution in [1.29, 1.82) is 0 Å². The molecule has 2 amide bonds. The molecule has 1 fully saturated rings. The zero-order valence-corrected chi connectivity index (χ0v) is 13.2. The summed E-state index contributed by atoms with van der Waals surface area (Å²) in [5.41, 5.74) is 1.60. The van der Waals surface area contributed by atoms with Crippen LogP contribution in [0.25, 0.3) is 0 Å². The van der Waals surface area contributed by atoms with E-state index >= 15 is 0 Å². The topological polar surface area (TPSA) is 79.8 Å². The van der Waals surface area contributed by atoms with Crippen LogP contribution in [0.15, 0.2) is 27.3 Å². The first-order valence-corrected chi connectivity index (χ1v) is 7.58. The summed E-state index contributed by atoms with van der Waals surface area (Å²) in [6, 6.07) is 3.34. The van der Waals surface area contributed by atoms with Gasteiger partial charge >= 0.3 is 0 Å². The molecule has 0 unspecified atom stereocenters. The molecule has 1 saturated heterocycles. The van der Waals surface area contributed by atoms with Crippen molar-refractivity contribution >= 4 is 11.8 Å². The molecule has 7 nitrogen and oxygen atoms in total. The van der Waals surface area contributed by atoms with Crippen molar-refractivity contribution in [3.63, 3.8) is 0 Å². The van der Waals surface area contributed by atoms with Crippen LogP contribution >= 0.6 is 0 Å². The second-order valence-corrected chi connectivity index (χ2v) is 5.63. The van der Waals surface area contributed by atoms with Gasteiger partial charge in [0.1, 0.15) is 5.76 Å². The molecule has 0 spiro atoms. The molecular formula is C16H19N3O4. The number of nitrogens with zero attached hydrogens (tertiary/aromatic N) is 3. The fourth-order valence-corrected chi connectivity index (χ4v) is 2.73. The molecule has 3 rings (SSSR count). The minimum atomic E-state index is -0.132. The zero-order chi connectivity index (χ0) is 16.4. The van der Waals surface area contributed by atoms with Crippen molar-refractivity contribution in [2.45, 2.75) is 20.3 Å². The third-order valence-corrected chi connectivity index (χ3v) is 4.16. The molecule has 0 aromatic carbocycles. The number of hydrogen-bond acceptors (Lipinski definition) is 5. The molecule has 0 radical (unpaired) electrons. The first kappa shape index (κ1) is 15.3. The molecule has 23 heavy (non-hydrogen) atoms. The standard InChI is InChI=1S/C16H19N3O4/c1-11-13(12(2)23-17-11)10-15(20)18-5-7-19(8-6-18)16(21)14-4-3-9-22-14/h3-4,9H,5-8,10H2,1-2H3. The maximum atomic E-state index is 12.4. The lowest BCUT2D eigenvalue weighted by atomic mass is 10.1. The van der Waals surface area contributed by atoms with E-state index < -0.39 is 0 Å². The SMILES string of the molecule is Cc1noc(C)c1CC(=O)N1CCN(C(=O)c2ccco2)CC1. The Morgan fingerprint density at radius 3 is 2.43 bits per heavy atom. The number of carbonyl (C=O) groups is 2. The van der Waals surface area contributed by atoms with Crippen molar-refractivity contribution in [2.24, 2.45) is 0 Å². The highest BCUT2D eigenvalue weighted by Crippen LogP contribution is 2.15. The minimum absolute atomic E-state index is 0.0319. The molecule has 7 heteroatoms. The molecule has 2 aromatic rings. The van der Waals surface area contributed by atoms with Gasteiger partial charge in [-0.25, -0.2) is 0 Å². The fourth-order valence-electron chi connectivity index (χ4n) is 2.73. The van der Waals surface area contributed by atoms with Crippen LogP contribution in [-0.4, -0.2) is 52.9 Å². The monoisotopic (exact) mass is 317 g/mol. The second kappa shape index (κ2) is 6.28. The van der Waals surface area contributed by atoms with Gasteiger partial charge < -0.3 is 18.7 Å². The highest BCUT2D eigenvalue weighted by Gasteiger charge is 2.26. The van der Waals surface area contributed by atoms with Gasteiger partial charge in [-0.3, -0.25) is 9.59 Å². The molecule has 0 aliphatic carbocycles. The average Bonchev–Trinajstić information content (AvgIpc) is 3.20. The zero-order valence-electron chi connectivity index (χ0n) is 13.2. The van der Waals surface area contributed by atoms with Crippen molar-refractivity contribution in [2.75, 3.05) is 26.2 Å². The maximum Gasteiger partial charge on any atom is 0.289 e. The van der Waals surface area contributed by atoms with Crippen LogP contribution in [0.1, 0.15) is 27.6 Å². The number of hydrogen-bond donors (Lipinski definition) is 0. The first-order chi connectivity index (χ1) is 11.1. The Bertz CT molecular complexity index is 677. The van der Waals surface area contributed by atoms with Crippen LogP contribution < -0.4 is 0 Å². The number of rotatable bonds is 3. The Balaban J connectivity index is 1.56. The van der Waals surface area contributed by atoms with Crippen LogP contribution in [0.5, 0.6) is 0 Å². The average molecular weight is 317 g/mol. The van der Waals surface area contributed by atoms with Crippen LogP contribution in [0, 0.1) is 13.8 Å². The fraction of sp³-hybridized carbons (Fsp3) is 0.438. The van der Waals surface area contributed by atoms with E-state index in [1.54, 1.807) is 21.9 Å². The predicted molar refractivity (Wildman–Crippen MR) is 80.9 cm³/mol. The molecule has 1 aliphatic heterocycles. The summed E-state index contributed by atoms with van der Waals surface area (Å²) in [7, 11) is 0. The number of piperazine rings is 1. The third kappa shape index (κ3) is 3.13. The van der Waals surface area contributed by atoms with Crippen LogP contribution in [0.4, 0.5) is 0 Å². The van der Waals surface area contributed by atoms with Gasteiger partial charge in [-0.2, -0.15) is 0 Å². The van der Waals surface area contributed by atoms with Gasteiger partial charge in [-0.15, -0.1) is 0 Å². The van der Waals surface area contributed by atoms with Crippen molar-refractivity contribution in [3.05, 3.63) is 41.2 Å². The minimum Gasteiger partial charge on any atom is -0.459 e. The molecule has 0 bridgehead atoms. The van der Waals surface area contributed by atoms with Crippen LogP contribution in [-0.2, 0) is 11.2 Å². The Morgan fingerprint density at radius 1 is 1.17 bits per heavy atom. The number of furan rings is 1. The van der Waals surface area contributed by atoms with Gasteiger partial charge in [0.15, 0.2) is 5.76 Å². The number of carbonyl (C=O) groups excluding carboxylic acids is 2. The van der Waals surface area contributed by atoms with Gasteiger partial charge in [0, 0.05) is 31.7 Å². The normalized spacial score (nSPS) is 15.0. The first-order valence-electron chi connectivity index (χ1n) is 7.58. The maximum absolute atomic E-state index is 12.4. The van der Waals surface area contributed by atoms with Gasteiger partial charge in [0.2, 0.25) is 5.91 Å². The summed E-state index contributed by atoms with van der Waals surface area (Å²) >= 11 is 0. The highest BCUT2D eigenvalue weighted by atomic mass is 16.5. The van der Waals surface area contributed by atoms with E-state index in [-0.39, 0.29) is 18.2 Å². The summed E-state index contributed by atoms with van der Waals surface area (Å²) in [6.07, 6.45) is 1.77. The lowest BCUT2D eigenvalue weighted by Gasteiger charge is -2.34. The lowest BCUT2D eigenvalue weighted by Crippen LogP contribution is -2.51. The van der Waals surface area contributed by atoms with Crippen molar-refractivity contribution < 1.29 is 18.5 Å². The van der Waals surface area contributed by atoms with E-state index in [4.69, 9.17) is 8.94 Å². The summed E-state index contributed by atoms with van der Waals surface area (Å²) in [6.45, 7) is 5.70. The molecule has 122 valence electrons. The molecule has 0 saturated carbocycles. The molecule has 0 N–H and O–H groups in total. The number of amides is 2. The predicted octanol–water partition coefficient (Wildman–Crippen LogP) is 1.41. The number of aryl methyl sites for hydroxylation is 2. The molecule has 2 aromatic heterocycles. The Kier molecular flexibility index (Phi) is 4.18. The van der Waals surface area contributed by atoms with E-state index in [2.05, 4.69) is 5.16 Å². The highest BCUT2D eigenvalue weighted by molar-refractivity contribution is 5.91. The second-order valence-electron chi connectivity index (χ2n) is 5.63. The quantitative estimate of drug-likeness (QED) is 0.855. The van der Waals surface area contributed by atoms with Gasteiger partial charge in [0.25, 0.3) is 5.91 Å². The number of aromatic nitrogens is 1. The lowest BCUT2D eigenvalue weighted by molar-refractivity contribution is -0.131. The van der Waals surface area contributed by atoms with E-state index in [0.29, 0.717) is 37.7 Å². The molecular weight excluding hydrogens is 298 g/mol. The summed E-state index contributed by atoms with van der Waals surface area (Å²) < 4.78 is 10.2.